The van der Waals surface area contributed by atoms with Gasteiger partial charge in [-0.2, -0.15) is 0 Å². The number of likely N-dealkylation sites (tertiary alicyclic amines) is 1. The first-order chi connectivity index (χ1) is 8.61. The third kappa shape index (κ3) is 2.91. The fourth-order valence-electron chi connectivity index (χ4n) is 2.62. The van der Waals surface area contributed by atoms with Gasteiger partial charge < -0.3 is 0 Å². The molecule has 0 saturated carbocycles. The van der Waals surface area contributed by atoms with Crippen LogP contribution in [-0.4, -0.2) is 22.9 Å². The molecule has 5 heteroatoms. The molecule has 0 aromatic carbocycles. The molecule has 0 aliphatic carbocycles. The zero-order chi connectivity index (χ0) is 13.1. The van der Waals surface area contributed by atoms with Crippen LogP contribution < -0.4 is 11.3 Å². The van der Waals surface area contributed by atoms with Gasteiger partial charge in [0.2, 0.25) is 0 Å². The summed E-state index contributed by atoms with van der Waals surface area (Å²) in [4.78, 5) is 15.9. The molecule has 4 nitrogen and oxygen atoms in total. The molecule has 1 aromatic heterocycles. The van der Waals surface area contributed by atoms with E-state index in [1.165, 1.54) is 35.5 Å². The van der Waals surface area contributed by atoms with Gasteiger partial charge in [0, 0.05) is 23.5 Å². The number of hydrogen-bond acceptors (Lipinski definition) is 4. The van der Waals surface area contributed by atoms with Gasteiger partial charge in [-0.05, 0) is 38.8 Å². The van der Waals surface area contributed by atoms with Crippen LogP contribution in [0.15, 0.2) is 12.1 Å². The Hall–Kier alpha value is -0.910. The van der Waals surface area contributed by atoms with Crippen LogP contribution in [0.5, 0.6) is 0 Å². The normalized spacial score (nSPS) is 25.1. The van der Waals surface area contributed by atoms with Crippen LogP contribution in [0.25, 0.3) is 0 Å². The molecule has 1 amide bonds. The van der Waals surface area contributed by atoms with Crippen LogP contribution in [0.4, 0.5) is 0 Å². The summed E-state index contributed by atoms with van der Waals surface area (Å²) >= 11 is 1.53. The summed E-state index contributed by atoms with van der Waals surface area (Å²) < 4.78 is 0. The van der Waals surface area contributed by atoms with E-state index in [2.05, 4.69) is 24.2 Å². The molecule has 0 spiro atoms. The number of carbonyl (C=O) groups excluding carboxylic acids is 1. The molecule has 18 heavy (non-hydrogen) atoms. The standard InChI is InChI=1S/C13H21N3OS/c1-9-4-3-5-10(2)16(9)8-11-6-7-12(18-11)13(17)15-14/h6-7,9-10H,3-5,8,14H2,1-2H3,(H,15,17). The fourth-order valence-corrected chi connectivity index (χ4v) is 3.54. The molecule has 1 saturated heterocycles. The van der Waals surface area contributed by atoms with Gasteiger partial charge in [0.25, 0.3) is 5.91 Å². The van der Waals surface area contributed by atoms with Gasteiger partial charge in [-0.25, -0.2) is 5.84 Å². The van der Waals surface area contributed by atoms with E-state index in [4.69, 9.17) is 5.84 Å². The van der Waals surface area contributed by atoms with Gasteiger partial charge in [-0.15, -0.1) is 11.3 Å². The number of piperidine rings is 1. The van der Waals surface area contributed by atoms with Crippen molar-refractivity contribution >= 4 is 17.2 Å². The maximum absolute atomic E-state index is 11.4. The Kier molecular flexibility index (Phi) is 4.37. The van der Waals surface area contributed by atoms with Crippen molar-refractivity contribution in [2.75, 3.05) is 0 Å². The monoisotopic (exact) mass is 267 g/mol. The quantitative estimate of drug-likeness (QED) is 0.501. The molecule has 1 aliphatic heterocycles. The van der Waals surface area contributed by atoms with Crippen LogP contribution in [0.1, 0.15) is 47.7 Å². The summed E-state index contributed by atoms with van der Waals surface area (Å²) in [6, 6.07) is 5.13. The lowest BCUT2D eigenvalue weighted by Gasteiger charge is -2.38. The summed E-state index contributed by atoms with van der Waals surface area (Å²) in [5.74, 6) is 4.94. The predicted molar refractivity (Wildman–Crippen MR) is 74.3 cm³/mol. The Morgan fingerprint density at radius 1 is 1.44 bits per heavy atom. The molecule has 2 atom stereocenters. The number of nitrogens with zero attached hydrogens (tertiary/aromatic N) is 1. The highest BCUT2D eigenvalue weighted by Crippen LogP contribution is 2.27. The number of hydrazine groups is 1. The number of thiophene rings is 1. The van der Waals surface area contributed by atoms with E-state index in [1.54, 1.807) is 0 Å². The van der Waals surface area contributed by atoms with Gasteiger partial charge in [-0.3, -0.25) is 15.1 Å². The lowest BCUT2D eigenvalue weighted by atomic mass is 9.97. The number of hydrogen-bond donors (Lipinski definition) is 2. The average molecular weight is 267 g/mol. The van der Waals surface area contributed by atoms with Crippen LogP contribution >= 0.6 is 11.3 Å². The minimum atomic E-state index is -0.203. The molecule has 100 valence electrons. The van der Waals surface area contributed by atoms with E-state index < -0.39 is 0 Å². The maximum Gasteiger partial charge on any atom is 0.275 e. The topological polar surface area (TPSA) is 58.4 Å². The van der Waals surface area contributed by atoms with Crippen LogP contribution in [0.2, 0.25) is 0 Å². The Morgan fingerprint density at radius 2 is 2.11 bits per heavy atom. The maximum atomic E-state index is 11.4. The number of nitrogens with two attached hydrogens (primary N) is 1. The lowest BCUT2D eigenvalue weighted by Crippen LogP contribution is -2.42. The summed E-state index contributed by atoms with van der Waals surface area (Å²) in [6.45, 7) is 5.51. The van der Waals surface area contributed by atoms with Crippen LogP contribution in [0.3, 0.4) is 0 Å². The van der Waals surface area contributed by atoms with Gasteiger partial charge >= 0.3 is 0 Å². The van der Waals surface area contributed by atoms with Gasteiger partial charge in [0.05, 0.1) is 4.88 Å². The van der Waals surface area contributed by atoms with Crippen molar-refractivity contribution in [3.05, 3.63) is 21.9 Å². The van der Waals surface area contributed by atoms with E-state index in [-0.39, 0.29) is 5.91 Å². The second kappa shape index (κ2) is 5.82. The molecule has 2 heterocycles. The van der Waals surface area contributed by atoms with E-state index >= 15 is 0 Å². The Balaban J connectivity index is 2.04. The SMILES string of the molecule is CC1CCCC(C)N1Cc1ccc(C(=O)NN)s1. The highest BCUT2D eigenvalue weighted by Gasteiger charge is 2.25. The predicted octanol–water partition coefficient (Wildman–Crippen LogP) is 2.11. The molecule has 0 bridgehead atoms. The molecule has 1 aromatic rings. The highest BCUT2D eigenvalue weighted by molar-refractivity contribution is 7.14. The molecular formula is C13H21N3OS. The fraction of sp³-hybridized carbons (Fsp3) is 0.615. The Labute approximate surface area is 112 Å². The van der Waals surface area contributed by atoms with Gasteiger partial charge in [0.1, 0.15) is 0 Å². The first kappa shape index (κ1) is 13.5. The van der Waals surface area contributed by atoms with Crippen molar-refractivity contribution in [1.82, 2.24) is 10.3 Å². The number of rotatable bonds is 3. The lowest BCUT2D eigenvalue weighted by molar-refractivity contribution is 0.0957. The Bertz CT molecular complexity index is 408. The summed E-state index contributed by atoms with van der Waals surface area (Å²) in [7, 11) is 0. The minimum Gasteiger partial charge on any atom is -0.293 e. The third-order valence-electron chi connectivity index (χ3n) is 3.73. The zero-order valence-electron chi connectivity index (χ0n) is 11.0. The molecular weight excluding hydrogens is 246 g/mol. The second-order valence-electron chi connectivity index (χ2n) is 5.04. The zero-order valence-corrected chi connectivity index (χ0v) is 11.8. The molecule has 3 N–H and O–H groups in total. The van der Waals surface area contributed by atoms with Crippen molar-refractivity contribution in [3.8, 4) is 0 Å². The summed E-state index contributed by atoms with van der Waals surface area (Å²) in [5.41, 5.74) is 2.17. The molecule has 0 radical (unpaired) electrons. The number of carbonyl (C=O) groups is 1. The van der Waals surface area contributed by atoms with Crippen molar-refractivity contribution in [1.29, 1.82) is 0 Å². The first-order valence-electron chi connectivity index (χ1n) is 6.47. The second-order valence-corrected chi connectivity index (χ2v) is 6.21. The molecule has 1 fully saturated rings. The van der Waals surface area contributed by atoms with Crippen LogP contribution in [0, 0.1) is 0 Å². The molecule has 2 unspecified atom stereocenters. The largest absolute Gasteiger partial charge is 0.293 e. The molecule has 2 rings (SSSR count). The molecule has 1 aliphatic rings. The van der Waals surface area contributed by atoms with Gasteiger partial charge in [-0.1, -0.05) is 6.42 Å². The smallest absolute Gasteiger partial charge is 0.275 e. The van der Waals surface area contributed by atoms with E-state index in [9.17, 15) is 4.79 Å². The highest BCUT2D eigenvalue weighted by atomic mass is 32.1. The van der Waals surface area contributed by atoms with Crippen molar-refractivity contribution in [3.63, 3.8) is 0 Å². The van der Waals surface area contributed by atoms with Gasteiger partial charge in [0.15, 0.2) is 0 Å². The van der Waals surface area contributed by atoms with Crippen molar-refractivity contribution < 1.29 is 4.79 Å². The minimum absolute atomic E-state index is 0.203. The van der Waals surface area contributed by atoms with Crippen molar-refractivity contribution in [2.24, 2.45) is 5.84 Å². The Morgan fingerprint density at radius 3 is 2.72 bits per heavy atom. The number of nitrogen functional groups attached to an aromatic ring is 1. The summed E-state index contributed by atoms with van der Waals surface area (Å²) in [5, 5.41) is 0. The number of nitrogens with one attached hydrogen (secondary N) is 1. The summed E-state index contributed by atoms with van der Waals surface area (Å²) in [6.07, 6.45) is 3.86. The van der Waals surface area contributed by atoms with E-state index in [0.29, 0.717) is 17.0 Å². The van der Waals surface area contributed by atoms with Crippen molar-refractivity contribution in [2.45, 2.75) is 51.7 Å². The third-order valence-corrected chi connectivity index (χ3v) is 4.80. The number of amides is 1. The average Bonchev–Trinajstić information content (AvgIpc) is 2.81. The van der Waals surface area contributed by atoms with E-state index in [1.807, 2.05) is 12.1 Å². The first-order valence-corrected chi connectivity index (χ1v) is 7.29. The van der Waals surface area contributed by atoms with E-state index in [0.717, 1.165) is 6.54 Å². The van der Waals surface area contributed by atoms with Crippen LogP contribution in [-0.2, 0) is 6.54 Å².